The monoisotopic (exact) mass is 558 g/mol. The number of anilines is 1. The predicted molar refractivity (Wildman–Crippen MR) is 137 cm³/mol. The maximum atomic E-state index is 14.1. The summed E-state index contributed by atoms with van der Waals surface area (Å²) in [5.41, 5.74) is 4.29. The summed E-state index contributed by atoms with van der Waals surface area (Å²) in [5.74, 6) is -4.88. The highest BCUT2D eigenvalue weighted by Gasteiger charge is 2.24. The third-order valence-corrected chi connectivity index (χ3v) is 6.95. The number of benzene rings is 1. The first-order valence-electron chi connectivity index (χ1n) is 12.4. The first-order valence-corrected chi connectivity index (χ1v) is 13.1. The molecule has 0 radical (unpaired) electrons. The van der Waals surface area contributed by atoms with Crippen LogP contribution in [0.4, 0.5) is 23.0 Å². The third-order valence-electron chi connectivity index (χ3n) is 6.21. The molecule has 1 aliphatic rings. The van der Waals surface area contributed by atoms with Gasteiger partial charge in [0.05, 0.1) is 5.56 Å². The molecule has 210 valence electrons. The maximum absolute atomic E-state index is 14.1. The number of carbonyl (C=O) groups is 2. The molecule has 2 aromatic rings. The number of ether oxygens (including phenoxy) is 1. The molecular formula is C24H33F3N6O4S. The summed E-state index contributed by atoms with van der Waals surface area (Å²) in [4.78, 5) is 29.0. The van der Waals surface area contributed by atoms with Crippen LogP contribution < -0.4 is 21.1 Å². The fourth-order valence-corrected chi connectivity index (χ4v) is 4.78. The molecule has 0 atom stereocenters. The van der Waals surface area contributed by atoms with E-state index < -0.39 is 41.6 Å². The summed E-state index contributed by atoms with van der Waals surface area (Å²) >= 11 is 0.716. The second-order valence-corrected chi connectivity index (χ2v) is 9.75. The molecule has 3 rings (SSSR count). The number of aromatic nitrogens is 1. The number of urea groups is 1. The van der Waals surface area contributed by atoms with Crippen LogP contribution in [-0.4, -0.2) is 83.6 Å². The van der Waals surface area contributed by atoms with E-state index in [0.29, 0.717) is 18.1 Å². The third kappa shape index (κ3) is 8.03. The topological polar surface area (TPSA) is 133 Å². The van der Waals surface area contributed by atoms with Crippen LogP contribution in [0.1, 0.15) is 40.7 Å². The minimum Gasteiger partial charge on any atom is -0.471 e. The molecule has 3 amide bonds. The number of rotatable bonds is 13. The average molecular weight is 559 g/mol. The van der Waals surface area contributed by atoms with E-state index in [2.05, 4.69) is 24.8 Å². The molecule has 1 aromatic heterocycles. The van der Waals surface area contributed by atoms with E-state index in [-0.39, 0.29) is 28.6 Å². The van der Waals surface area contributed by atoms with Crippen LogP contribution in [0.5, 0.6) is 5.88 Å². The number of carbonyl (C=O) groups excluding carboxylic acids is 2. The molecule has 5 N–H and O–H groups in total. The molecule has 0 bridgehead atoms. The molecule has 10 nitrogen and oxygen atoms in total. The van der Waals surface area contributed by atoms with Crippen LogP contribution >= 0.6 is 11.5 Å². The highest BCUT2D eigenvalue weighted by Crippen LogP contribution is 2.31. The Balaban J connectivity index is 1.44. The molecular weight excluding hydrogens is 525 g/mol. The maximum Gasteiger partial charge on any atom is 0.319 e. The van der Waals surface area contributed by atoms with Gasteiger partial charge in [-0.2, -0.15) is 4.37 Å². The molecule has 1 aliphatic heterocycles. The number of hydrogen-bond donors (Lipinski definition) is 4. The Bertz CT molecular complexity index is 1110. The van der Waals surface area contributed by atoms with E-state index in [9.17, 15) is 22.8 Å². The fourth-order valence-electron chi connectivity index (χ4n) is 4.04. The van der Waals surface area contributed by atoms with E-state index in [1.54, 1.807) is 0 Å². The van der Waals surface area contributed by atoms with Crippen molar-refractivity contribution >= 4 is 28.5 Å². The normalized spacial score (nSPS) is 14.4. The van der Waals surface area contributed by atoms with Gasteiger partial charge >= 0.3 is 6.03 Å². The molecule has 1 saturated heterocycles. The second-order valence-electron chi connectivity index (χ2n) is 8.98. The van der Waals surface area contributed by atoms with Crippen molar-refractivity contribution in [3.8, 4) is 5.88 Å². The van der Waals surface area contributed by atoms with Crippen molar-refractivity contribution in [1.29, 1.82) is 0 Å². The number of aryl methyl sites for hydroxylation is 1. The van der Waals surface area contributed by atoms with Gasteiger partial charge in [0.2, 0.25) is 5.88 Å². The van der Waals surface area contributed by atoms with Crippen molar-refractivity contribution in [3.05, 3.63) is 40.2 Å². The van der Waals surface area contributed by atoms with Gasteiger partial charge in [0.1, 0.15) is 23.0 Å². The molecule has 14 heteroatoms. The molecule has 2 heterocycles. The lowest BCUT2D eigenvalue weighted by atomic mass is 10.1. The fraction of sp³-hybridized carbons (Fsp3) is 0.542. The van der Waals surface area contributed by atoms with Crippen LogP contribution in [0.25, 0.3) is 0 Å². The summed E-state index contributed by atoms with van der Waals surface area (Å²) in [6.07, 6.45) is 2.44. The van der Waals surface area contributed by atoms with Gasteiger partial charge in [-0.1, -0.05) is 0 Å². The molecule has 1 fully saturated rings. The lowest BCUT2D eigenvalue weighted by Gasteiger charge is -2.34. The standard InChI is InChI=1S/C24H33F3N6O4S/c1-15-13-17(25)16(20(27)19(15)26)14-37-22-18(21(28)35)23(38-31-22)30-24(36)29-5-2-3-6-32-8-10-33(11-9-32)7-4-12-34/h13,34H,2-12,14H2,1H3,(H2,28,35)(H2,29,30,36). The van der Waals surface area contributed by atoms with Crippen molar-refractivity contribution in [2.75, 3.05) is 57.7 Å². The number of nitrogens with zero attached hydrogens (tertiary/aromatic N) is 3. The Hall–Kier alpha value is -2.94. The molecule has 0 unspecified atom stereocenters. The number of hydrogen-bond acceptors (Lipinski definition) is 8. The number of amides is 3. The van der Waals surface area contributed by atoms with Crippen molar-refractivity contribution in [3.63, 3.8) is 0 Å². The number of nitrogens with two attached hydrogens (primary N) is 1. The van der Waals surface area contributed by atoms with Crippen molar-refractivity contribution in [2.24, 2.45) is 5.73 Å². The van der Waals surface area contributed by atoms with Gasteiger partial charge in [-0.15, -0.1) is 0 Å². The number of halogens is 3. The van der Waals surface area contributed by atoms with Crippen molar-refractivity contribution in [1.82, 2.24) is 19.5 Å². The Labute approximate surface area is 223 Å². The van der Waals surface area contributed by atoms with Gasteiger partial charge in [0.15, 0.2) is 11.6 Å². The van der Waals surface area contributed by atoms with E-state index in [4.69, 9.17) is 15.6 Å². The largest absolute Gasteiger partial charge is 0.471 e. The van der Waals surface area contributed by atoms with Gasteiger partial charge in [-0.05, 0) is 55.9 Å². The number of unbranched alkanes of at least 4 members (excludes halogenated alkanes) is 1. The lowest BCUT2D eigenvalue weighted by molar-refractivity contribution is 0.0996. The van der Waals surface area contributed by atoms with Crippen molar-refractivity contribution < 1.29 is 32.6 Å². The summed E-state index contributed by atoms with van der Waals surface area (Å²) in [6.45, 7) is 6.86. The summed E-state index contributed by atoms with van der Waals surface area (Å²) in [7, 11) is 0. The summed E-state index contributed by atoms with van der Waals surface area (Å²) < 4.78 is 51.2. The van der Waals surface area contributed by atoms with Gasteiger partial charge in [-0.3, -0.25) is 10.1 Å². The predicted octanol–water partition coefficient (Wildman–Crippen LogP) is 2.45. The smallest absolute Gasteiger partial charge is 0.319 e. The van der Waals surface area contributed by atoms with Crippen molar-refractivity contribution in [2.45, 2.75) is 32.8 Å². The Morgan fingerprint density at radius 1 is 1.11 bits per heavy atom. The van der Waals surface area contributed by atoms with E-state index in [1.165, 1.54) is 6.92 Å². The summed E-state index contributed by atoms with van der Waals surface area (Å²) in [5, 5.41) is 14.1. The van der Waals surface area contributed by atoms with Gasteiger partial charge in [0, 0.05) is 45.9 Å². The molecule has 0 saturated carbocycles. The molecule has 38 heavy (non-hydrogen) atoms. The first-order chi connectivity index (χ1) is 18.2. The number of piperazine rings is 1. The van der Waals surface area contributed by atoms with E-state index in [1.807, 2.05) is 0 Å². The number of aliphatic hydroxyl groups is 1. The van der Waals surface area contributed by atoms with Gasteiger partial charge in [0.25, 0.3) is 5.91 Å². The molecule has 0 aliphatic carbocycles. The number of nitrogens with one attached hydrogen (secondary N) is 2. The van der Waals surface area contributed by atoms with Crippen LogP contribution in [0.15, 0.2) is 6.07 Å². The van der Waals surface area contributed by atoms with Crippen LogP contribution in [0.2, 0.25) is 0 Å². The highest BCUT2D eigenvalue weighted by atomic mass is 32.1. The Morgan fingerprint density at radius 2 is 1.76 bits per heavy atom. The SMILES string of the molecule is Cc1cc(F)c(COc2nsc(NC(=O)NCCCCN3CCN(CCCO)CC3)c2C(N)=O)c(F)c1F. The highest BCUT2D eigenvalue weighted by molar-refractivity contribution is 7.11. The van der Waals surface area contributed by atoms with Crippen LogP contribution in [0.3, 0.4) is 0 Å². The number of aliphatic hydroxyl groups excluding tert-OH is 1. The van der Waals surface area contributed by atoms with Crippen LogP contribution in [0, 0.1) is 24.4 Å². The van der Waals surface area contributed by atoms with E-state index >= 15 is 0 Å². The quantitative estimate of drug-likeness (QED) is 0.219. The number of primary amides is 1. The minimum absolute atomic E-state index is 0.0140. The zero-order chi connectivity index (χ0) is 27.7. The minimum atomic E-state index is -1.39. The lowest BCUT2D eigenvalue weighted by Crippen LogP contribution is -2.46. The van der Waals surface area contributed by atoms with E-state index in [0.717, 1.165) is 64.6 Å². The Kier molecular flexibility index (Phi) is 11.1. The van der Waals surface area contributed by atoms with Crippen LogP contribution in [-0.2, 0) is 6.61 Å². The molecule has 0 spiro atoms. The van der Waals surface area contributed by atoms with Gasteiger partial charge in [-0.25, -0.2) is 18.0 Å². The van der Waals surface area contributed by atoms with Gasteiger partial charge < -0.3 is 30.7 Å². The molecule has 1 aromatic carbocycles. The zero-order valence-corrected chi connectivity index (χ0v) is 22.0. The summed E-state index contributed by atoms with van der Waals surface area (Å²) in [6, 6.07) is 0.267. The Morgan fingerprint density at radius 3 is 2.39 bits per heavy atom. The second kappa shape index (κ2) is 14.3. The average Bonchev–Trinajstić information content (AvgIpc) is 3.29. The zero-order valence-electron chi connectivity index (χ0n) is 21.2. The first kappa shape index (κ1) is 29.6.